The number of aliphatic hydroxyl groups is 1. The molecule has 8 heteroatoms. The van der Waals surface area contributed by atoms with Crippen LogP contribution in [-0.4, -0.2) is 53.6 Å². The van der Waals surface area contributed by atoms with Gasteiger partial charge in [-0.1, -0.05) is 42.8 Å². The van der Waals surface area contributed by atoms with Crippen LogP contribution in [0.3, 0.4) is 0 Å². The molecule has 0 saturated carbocycles. The number of hydrogen-bond acceptors (Lipinski definition) is 5. The molecule has 0 aromatic heterocycles. The van der Waals surface area contributed by atoms with Gasteiger partial charge in [-0.05, 0) is 62.5 Å². The molecule has 0 unspecified atom stereocenters. The Morgan fingerprint density at radius 1 is 1.33 bits per heavy atom. The van der Waals surface area contributed by atoms with Crippen molar-refractivity contribution in [1.82, 2.24) is 10.6 Å². The first-order valence-electron chi connectivity index (χ1n) is 11.1. The predicted octanol–water partition coefficient (Wildman–Crippen LogP) is 3.44. The van der Waals surface area contributed by atoms with E-state index >= 15 is 0 Å². The molecule has 4 N–H and O–H groups in total. The molecule has 0 amide bonds. The number of para-hydroxylation sites is 1. The number of nitrogens with one attached hydrogen (secondary N) is 2. The number of carboxylic acid groups (broad SMARTS) is 1. The molecule has 180 valence electrons. The minimum atomic E-state index is -1.31. The molecule has 0 bridgehead atoms. The Hall–Kier alpha value is -2.19. The second-order valence-corrected chi connectivity index (χ2v) is 9.69. The van der Waals surface area contributed by atoms with Crippen molar-refractivity contribution in [3.63, 3.8) is 0 Å². The van der Waals surface area contributed by atoms with Gasteiger partial charge in [0.2, 0.25) is 0 Å². The van der Waals surface area contributed by atoms with Crippen LogP contribution in [0.15, 0.2) is 42.5 Å². The summed E-state index contributed by atoms with van der Waals surface area (Å²) in [6.07, 6.45) is 1.30. The van der Waals surface area contributed by atoms with Crippen LogP contribution < -0.4 is 15.4 Å². The van der Waals surface area contributed by atoms with Gasteiger partial charge in [-0.15, -0.1) is 0 Å². The topological polar surface area (TPSA) is 90.8 Å². The molecule has 3 rings (SSSR count). The molecular weight excluding hydrogens is 447 g/mol. The number of β-amino-alcohol motifs (C(OH)–C–C–N with tert-alkyl or cyclic N) is 1. The Kier molecular flexibility index (Phi) is 8.34. The van der Waals surface area contributed by atoms with Crippen molar-refractivity contribution in [3.05, 3.63) is 64.4 Å². The van der Waals surface area contributed by atoms with Crippen LogP contribution >= 0.6 is 11.6 Å². The molecule has 3 atom stereocenters. The van der Waals surface area contributed by atoms with Crippen molar-refractivity contribution in [2.24, 2.45) is 5.92 Å². The van der Waals surface area contributed by atoms with E-state index in [-0.39, 0.29) is 36.4 Å². The van der Waals surface area contributed by atoms with Crippen LogP contribution in [0.4, 0.5) is 4.39 Å². The summed E-state index contributed by atoms with van der Waals surface area (Å²) in [5.41, 5.74) is -0.158. The zero-order valence-corrected chi connectivity index (χ0v) is 19.8. The summed E-state index contributed by atoms with van der Waals surface area (Å²) in [5.74, 6) is -1.56. The monoisotopic (exact) mass is 478 g/mol. The molecule has 0 spiro atoms. The number of hydrogen-bond donors (Lipinski definition) is 4. The van der Waals surface area contributed by atoms with Crippen LogP contribution in [0.1, 0.15) is 31.4 Å². The van der Waals surface area contributed by atoms with Crippen molar-refractivity contribution in [1.29, 1.82) is 0 Å². The molecule has 0 radical (unpaired) electrons. The number of halogens is 2. The Morgan fingerprint density at radius 2 is 2.06 bits per heavy atom. The van der Waals surface area contributed by atoms with E-state index in [0.29, 0.717) is 10.9 Å². The third kappa shape index (κ3) is 6.90. The van der Waals surface area contributed by atoms with Gasteiger partial charge in [0.05, 0.1) is 6.42 Å². The molecular formula is C25H32ClFN2O4. The van der Waals surface area contributed by atoms with E-state index in [2.05, 4.69) is 17.6 Å². The fraction of sp³-hybridized carbons (Fsp3) is 0.480. The highest BCUT2D eigenvalue weighted by Crippen LogP contribution is 2.30. The van der Waals surface area contributed by atoms with E-state index in [4.69, 9.17) is 21.4 Å². The summed E-state index contributed by atoms with van der Waals surface area (Å²) in [5, 5.41) is 27.8. The second-order valence-electron chi connectivity index (χ2n) is 9.25. The number of aliphatic carboxylic acids is 1. The number of benzene rings is 2. The summed E-state index contributed by atoms with van der Waals surface area (Å²) in [6.45, 7) is 5.56. The van der Waals surface area contributed by atoms with Gasteiger partial charge in [0.25, 0.3) is 0 Å². The van der Waals surface area contributed by atoms with Crippen LogP contribution in [0, 0.1) is 11.7 Å². The van der Waals surface area contributed by atoms with E-state index in [1.165, 1.54) is 18.2 Å². The maximum Gasteiger partial charge on any atom is 0.307 e. The molecule has 1 fully saturated rings. The van der Waals surface area contributed by atoms with E-state index in [9.17, 15) is 14.3 Å². The standard InChI is InChI=1S/C25H32ClFN2O4/c1-17-14-28-11-10-25(17,13-18-6-8-20(26)9-7-18)29-15-24(2,32)16-33-23-19(12-22(30)31)4-3-5-21(23)27/h3-9,17,28-29,32H,10-16H2,1-2H3,(H,30,31)/t17-,24+,25+/m1/s1. The Labute approximate surface area is 199 Å². The molecule has 1 aliphatic heterocycles. The first-order chi connectivity index (χ1) is 15.6. The van der Waals surface area contributed by atoms with Crippen LogP contribution in [0.25, 0.3) is 0 Å². The molecule has 2 aromatic carbocycles. The lowest BCUT2D eigenvalue weighted by Crippen LogP contribution is -2.62. The molecule has 1 heterocycles. The Bertz CT molecular complexity index is 954. The summed E-state index contributed by atoms with van der Waals surface area (Å²) in [6, 6.07) is 12.0. The van der Waals surface area contributed by atoms with Crippen molar-refractivity contribution in [3.8, 4) is 5.75 Å². The lowest BCUT2D eigenvalue weighted by molar-refractivity contribution is -0.136. The molecule has 33 heavy (non-hydrogen) atoms. The summed E-state index contributed by atoms with van der Waals surface area (Å²) >= 11 is 6.04. The first-order valence-corrected chi connectivity index (χ1v) is 11.5. The summed E-state index contributed by atoms with van der Waals surface area (Å²) in [7, 11) is 0. The van der Waals surface area contributed by atoms with Crippen LogP contribution in [0.2, 0.25) is 5.02 Å². The molecule has 1 aliphatic rings. The molecule has 1 saturated heterocycles. The van der Waals surface area contributed by atoms with Gasteiger partial charge in [0, 0.05) is 22.7 Å². The summed E-state index contributed by atoms with van der Waals surface area (Å²) in [4.78, 5) is 11.1. The Morgan fingerprint density at radius 3 is 2.73 bits per heavy atom. The normalized spacial score (nSPS) is 22.5. The smallest absolute Gasteiger partial charge is 0.307 e. The van der Waals surface area contributed by atoms with E-state index in [1.807, 2.05) is 24.3 Å². The van der Waals surface area contributed by atoms with Crippen LogP contribution in [0.5, 0.6) is 5.75 Å². The summed E-state index contributed by atoms with van der Waals surface area (Å²) < 4.78 is 19.9. The first kappa shape index (κ1) is 25.4. The highest BCUT2D eigenvalue weighted by molar-refractivity contribution is 6.30. The number of rotatable bonds is 10. The van der Waals surface area contributed by atoms with Gasteiger partial charge >= 0.3 is 5.97 Å². The second kappa shape index (κ2) is 10.8. The third-order valence-corrected chi connectivity index (χ3v) is 6.57. The van der Waals surface area contributed by atoms with Gasteiger partial charge in [-0.2, -0.15) is 0 Å². The van der Waals surface area contributed by atoms with Gasteiger partial charge < -0.3 is 25.6 Å². The maximum atomic E-state index is 14.3. The fourth-order valence-corrected chi connectivity index (χ4v) is 4.41. The average molecular weight is 479 g/mol. The number of ether oxygens (including phenoxy) is 1. The number of carbonyl (C=O) groups is 1. The fourth-order valence-electron chi connectivity index (χ4n) is 4.29. The van der Waals surface area contributed by atoms with Crippen molar-refractivity contribution < 1.29 is 24.1 Å². The van der Waals surface area contributed by atoms with Crippen molar-refractivity contribution in [2.75, 3.05) is 26.2 Å². The van der Waals surface area contributed by atoms with Gasteiger partial charge in [0.1, 0.15) is 12.2 Å². The molecule has 6 nitrogen and oxygen atoms in total. The zero-order chi connectivity index (χ0) is 24.1. The minimum absolute atomic E-state index is 0.133. The highest BCUT2D eigenvalue weighted by Gasteiger charge is 2.39. The lowest BCUT2D eigenvalue weighted by Gasteiger charge is -2.45. The van der Waals surface area contributed by atoms with E-state index < -0.39 is 17.4 Å². The lowest BCUT2D eigenvalue weighted by atomic mass is 9.75. The largest absolute Gasteiger partial charge is 0.487 e. The van der Waals surface area contributed by atoms with Crippen LogP contribution in [-0.2, 0) is 17.6 Å². The third-order valence-electron chi connectivity index (χ3n) is 6.31. The average Bonchev–Trinajstić information content (AvgIpc) is 2.75. The number of piperidine rings is 1. The van der Waals surface area contributed by atoms with E-state index in [0.717, 1.165) is 31.5 Å². The van der Waals surface area contributed by atoms with Gasteiger partial charge in [-0.25, -0.2) is 4.39 Å². The van der Waals surface area contributed by atoms with Crippen molar-refractivity contribution in [2.45, 2.75) is 44.2 Å². The predicted molar refractivity (Wildman–Crippen MR) is 126 cm³/mol. The van der Waals surface area contributed by atoms with Gasteiger partial charge in [0.15, 0.2) is 11.6 Å². The zero-order valence-electron chi connectivity index (χ0n) is 19.0. The molecule has 0 aliphatic carbocycles. The highest BCUT2D eigenvalue weighted by atomic mass is 35.5. The number of carboxylic acids is 1. The van der Waals surface area contributed by atoms with Gasteiger partial charge in [-0.3, -0.25) is 4.79 Å². The van der Waals surface area contributed by atoms with E-state index in [1.54, 1.807) is 6.92 Å². The van der Waals surface area contributed by atoms with Crippen molar-refractivity contribution >= 4 is 17.6 Å². The Balaban J connectivity index is 1.70. The molecule has 2 aromatic rings. The SMILES string of the molecule is C[C@@H]1CNCC[C@@]1(Cc1ccc(Cl)cc1)NC[C@](C)(O)COc1c(F)cccc1CC(=O)O. The maximum absolute atomic E-state index is 14.3. The quantitative estimate of drug-likeness (QED) is 0.418. The minimum Gasteiger partial charge on any atom is -0.487 e.